The summed E-state index contributed by atoms with van der Waals surface area (Å²) in [6, 6.07) is 1.93. The molecule has 1 N–H and O–H groups in total. The van der Waals surface area contributed by atoms with Crippen LogP contribution in [0.2, 0.25) is 5.02 Å². The normalized spacial score (nSPS) is 12.5. The number of carbonyl (C=O) groups is 1. The van der Waals surface area contributed by atoms with Crippen molar-refractivity contribution in [2.75, 3.05) is 5.33 Å². The molecule has 1 heterocycles. The lowest BCUT2D eigenvalue weighted by Crippen LogP contribution is -2.32. The summed E-state index contributed by atoms with van der Waals surface area (Å²) in [4.78, 5) is 12.3. The van der Waals surface area contributed by atoms with Crippen LogP contribution in [0.25, 0.3) is 0 Å². The molecule has 1 unspecified atom stereocenters. The predicted molar refractivity (Wildman–Crippen MR) is 69.3 cm³/mol. The van der Waals surface area contributed by atoms with Crippen LogP contribution in [0.5, 0.6) is 0 Å². The second kappa shape index (κ2) is 6.51. The van der Waals surface area contributed by atoms with Crippen LogP contribution in [0.1, 0.15) is 29.4 Å². The lowest BCUT2D eigenvalue weighted by Gasteiger charge is -2.12. The highest BCUT2D eigenvalue weighted by Gasteiger charge is 2.13. The van der Waals surface area contributed by atoms with Crippen molar-refractivity contribution in [3.05, 3.63) is 21.3 Å². The van der Waals surface area contributed by atoms with Crippen LogP contribution in [0.15, 0.2) is 11.4 Å². The largest absolute Gasteiger partial charge is 0.349 e. The van der Waals surface area contributed by atoms with E-state index >= 15 is 0 Å². The van der Waals surface area contributed by atoms with Crippen molar-refractivity contribution in [3.8, 4) is 0 Å². The van der Waals surface area contributed by atoms with Gasteiger partial charge in [0, 0.05) is 11.4 Å². The fourth-order valence-electron chi connectivity index (χ4n) is 1.20. The van der Waals surface area contributed by atoms with Gasteiger partial charge in [0.15, 0.2) is 0 Å². The Morgan fingerprint density at radius 2 is 2.47 bits per heavy atom. The van der Waals surface area contributed by atoms with Crippen molar-refractivity contribution >= 4 is 44.8 Å². The zero-order chi connectivity index (χ0) is 11.3. The number of carbonyl (C=O) groups excluding carboxylic acids is 1. The molecule has 0 bridgehead atoms. The number of amides is 1. The fraction of sp³-hybridized carbons (Fsp3) is 0.500. The van der Waals surface area contributed by atoms with E-state index in [4.69, 9.17) is 11.6 Å². The molecule has 0 spiro atoms. The average Bonchev–Trinajstić information content (AvgIpc) is 2.61. The Bertz CT molecular complexity index is 329. The molecule has 1 aromatic rings. The van der Waals surface area contributed by atoms with E-state index in [0.29, 0.717) is 9.90 Å². The number of alkyl halides is 1. The number of thiophene rings is 1. The van der Waals surface area contributed by atoms with Crippen LogP contribution in [0.3, 0.4) is 0 Å². The van der Waals surface area contributed by atoms with Gasteiger partial charge in [0.25, 0.3) is 5.91 Å². The van der Waals surface area contributed by atoms with Crippen LogP contribution in [0.4, 0.5) is 0 Å². The van der Waals surface area contributed by atoms with E-state index in [2.05, 4.69) is 21.2 Å². The molecule has 0 radical (unpaired) electrons. The molecule has 0 saturated carbocycles. The Hall–Kier alpha value is -0.0600. The van der Waals surface area contributed by atoms with Gasteiger partial charge in [-0.25, -0.2) is 0 Å². The Labute approximate surface area is 107 Å². The van der Waals surface area contributed by atoms with Crippen LogP contribution in [-0.2, 0) is 0 Å². The van der Waals surface area contributed by atoms with Crippen LogP contribution in [-0.4, -0.2) is 17.3 Å². The van der Waals surface area contributed by atoms with Gasteiger partial charge in [-0.1, -0.05) is 27.5 Å². The van der Waals surface area contributed by atoms with Crippen molar-refractivity contribution in [2.45, 2.75) is 25.8 Å². The third-order valence-electron chi connectivity index (χ3n) is 1.97. The standard InChI is InChI=1S/C10H13BrClNOS/c1-7(3-2-5-11)13-10(14)9-8(12)4-6-15-9/h4,6-7H,2-3,5H2,1H3,(H,13,14). The molecule has 2 nitrogen and oxygen atoms in total. The molecule has 5 heteroatoms. The van der Waals surface area contributed by atoms with E-state index in [-0.39, 0.29) is 11.9 Å². The smallest absolute Gasteiger partial charge is 0.263 e. The maximum atomic E-state index is 11.7. The maximum Gasteiger partial charge on any atom is 0.263 e. The summed E-state index contributed by atoms with van der Waals surface area (Å²) >= 11 is 10.6. The summed E-state index contributed by atoms with van der Waals surface area (Å²) in [5.41, 5.74) is 0. The van der Waals surface area contributed by atoms with Gasteiger partial charge in [-0.3, -0.25) is 4.79 Å². The van der Waals surface area contributed by atoms with Gasteiger partial charge in [0.2, 0.25) is 0 Å². The summed E-state index contributed by atoms with van der Waals surface area (Å²) in [7, 11) is 0. The first-order valence-corrected chi connectivity index (χ1v) is 7.13. The number of hydrogen-bond acceptors (Lipinski definition) is 2. The molecule has 0 aliphatic heterocycles. The molecule has 1 atom stereocenters. The summed E-state index contributed by atoms with van der Waals surface area (Å²) < 4.78 is 0. The Morgan fingerprint density at radius 3 is 3.00 bits per heavy atom. The first-order valence-electron chi connectivity index (χ1n) is 4.75. The molecule has 15 heavy (non-hydrogen) atoms. The quantitative estimate of drug-likeness (QED) is 0.826. The zero-order valence-electron chi connectivity index (χ0n) is 8.43. The second-order valence-corrected chi connectivity index (χ2v) is 5.42. The van der Waals surface area contributed by atoms with E-state index in [1.165, 1.54) is 11.3 Å². The molecule has 1 rings (SSSR count). The van der Waals surface area contributed by atoms with Gasteiger partial charge < -0.3 is 5.32 Å². The minimum atomic E-state index is -0.0722. The Kier molecular flexibility index (Phi) is 5.64. The fourth-order valence-corrected chi connectivity index (χ4v) is 2.57. The molecule has 0 aliphatic rings. The number of nitrogens with one attached hydrogen (secondary N) is 1. The minimum Gasteiger partial charge on any atom is -0.349 e. The molecule has 0 aromatic carbocycles. The van der Waals surface area contributed by atoms with Crippen LogP contribution >= 0.6 is 38.9 Å². The third kappa shape index (κ3) is 4.13. The van der Waals surface area contributed by atoms with Gasteiger partial charge >= 0.3 is 0 Å². The molecule has 1 aromatic heterocycles. The monoisotopic (exact) mass is 309 g/mol. The highest BCUT2D eigenvalue weighted by molar-refractivity contribution is 9.09. The lowest BCUT2D eigenvalue weighted by molar-refractivity contribution is 0.0942. The van der Waals surface area contributed by atoms with E-state index in [9.17, 15) is 4.79 Å². The van der Waals surface area contributed by atoms with E-state index in [1.807, 2.05) is 12.3 Å². The summed E-state index contributed by atoms with van der Waals surface area (Å²) in [6.45, 7) is 2.00. The Morgan fingerprint density at radius 1 is 1.73 bits per heavy atom. The van der Waals surface area contributed by atoms with Crippen molar-refractivity contribution < 1.29 is 4.79 Å². The van der Waals surface area contributed by atoms with Crippen molar-refractivity contribution in [3.63, 3.8) is 0 Å². The van der Waals surface area contributed by atoms with Crippen LogP contribution in [0, 0.1) is 0 Å². The topological polar surface area (TPSA) is 29.1 Å². The van der Waals surface area contributed by atoms with Crippen LogP contribution < -0.4 is 5.32 Å². The van der Waals surface area contributed by atoms with E-state index in [1.54, 1.807) is 6.07 Å². The second-order valence-electron chi connectivity index (χ2n) is 3.30. The molecular weight excluding hydrogens is 298 g/mol. The predicted octanol–water partition coefficient (Wildman–Crippen LogP) is 3.69. The SMILES string of the molecule is CC(CCCBr)NC(=O)c1sccc1Cl. The van der Waals surface area contributed by atoms with Gasteiger partial charge in [-0.2, -0.15) is 0 Å². The van der Waals surface area contributed by atoms with E-state index < -0.39 is 0 Å². The third-order valence-corrected chi connectivity index (χ3v) is 3.87. The van der Waals surface area contributed by atoms with Crippen molar-refractivity contribution in [1.29, 1.82) is 0 Å². The first-order chi connectivity index (χ1) is 7.15. The maximum absolute atomic E-state index is 11.7. The molecule has 1 amide bonds. The molecule has 84 valence electrons. The Balaban J connectivity index is 2.46. The zero-order valence-corrected chi connectivity index (χ0v) is 11.6. The highest BCUT2D eigenvalue weighted by atomic mass is 79.9. The van der Waals surface area contributed by atoms with Crippen molar-refractivity contribution in [1.82, 2.24) is 5.32 Å². The average molecular weight is 311 g/mol. The van der Waals surface area contributed by atoms with Crippen molar-refractivity contribution in [2.24, 2.45) is 0 Å². The lowest BCUT2D eigenvalue weighted by atomic mass is 10.2. The highest BCUT2D eigenvalue weighted by Crippen LogP contribution is 2.21. The summed E-state index contributed by atoms with van der Waals surface area (Å²) in [6.07, 6.45) is 2.03. The first kappa shape index (κ1) is 13.0. The van der Waals surface area contributed by atoms with Gasteiger partial charge in [0.1, 0.15) is 4.88 Å². The minimum absolute atomic E-state index is 0.0722. The number of rotatable bonds is 5. The molecule has 0 aliphatic carbocycles. The summed E-state index contributed by atoms with van der Waals surface area (Å²) in [5.74, 6) is -0.0722. The van der Waals surface area contributed by atoms with Gasteiger partial charge in [-0.15, -0.1) is 11.3 Å². The number of halogens is 2. The molecular formula is C10H13BrClNOS. The molecule has 0 saturated heterocycles. The van der Waals surface area contributed by atoms with E-state index in [0.717, 1.165) is 18.2 Å². The van der Waals surface area contributed by atoms with Gasteiger partial charge in [-0.05, 0) is 31.2 Å². The summed E-state index contributed by atoms with van der Waals surface area (Å²) in [5, 5.41) is 6.24. The number of hydrogen-bond donors (Lipinski definition) is 1. The molecule has 0 fully saturated rings. The van der Waals surface area contributed by atoms with Gasteiger partial charge in [0.05, 0.1) is 5.02 Å².